The fraction of sp³-hybridized carbons (Fsp3) is 0.238. The first kappa shape index (κ1) is 19.2. The maximum atomic E-state index is 12.8. The third-order valence-electron chi connectivity index (χ3n) is 5.12. The number of aryl methyl sites for hydroxylation is 1. The molecule has 0 amide bonds. The Kier molecular flexibility index (Phi) is 4.66. The quantitative estimate of drug-likeness (QED) is 0.680. The second kappa shape index (κ2) is 7.04. The molecule has 7 nitrogen and oxygen atoms in total. The summed E-state index contributed by atoms with van der Waals surface area (Å²) in [5, 5.41) is 10.5. The van der Waals surface area contributed by atoms with Crippen molar-refractivity contribution in [2.45, 2.75) is 31.6 Å². The molecule has 2 aromatic carbocycles. The maximum absolute atomic E-state index is 12.8. The summed E-state index contributed by atoms with van der Waals surface area (Å²) >= 11 is 0. The first-order valence-electron chi connectivity index (χ1n) is 9.37. The van der Waals surface area contributed by atoms with Crippen molar-refractivity contribution in [1.29, 1.82) is 0 Å². The number of para-hydroxylation sites is 1. The van der Waals surface area contributed by atoms with Crippen molar-refractivity contribution < 1.29 is 8.42 Å². The van der Waals surface area contributed by atoms with E-state index in [-0.39, 0.29) is 10.9 Å². The van der Waals surface area contributed by atoms with Crippen LogP contribution in [0.4, 0.5) is 11.4 Å². The van der Waals surface area contributed by atoms with Crippen LogP contribution in [-0.2, 0) is 17.1 Å². The van der Waals surface area contributed by atoms with E-state index in [0.29, 0.717) is 11.6 Å². The van der Waals surface area contributed by atoms with Crippen LogP contribution >= 0.6 is 0 Å². The van der Waals surface area contributed by atoms with Crippen LogP contribution in [0.15, 0.2) is 58.0 Å². The molecule has 1 aliphatic heterocycles. The van der Waals surface area contributed by atoms with Crippen LogP contribution in [-0.4, -0.2) is 24.2 Å². The average Bonchev–Trinajstić information content (AvgIpc) is 3.00. The SMILES string of the molecule is Cc1c(-c2cccc3c2NC(Nc2ccc(C(C)C)cc2)=NS3(=O)=O)cnn1C. The Labute approximate surface area is 170 Å². The summed E-state index contributed by atoms with van der Waals surface area (Å²) in [5.74, 6) is 0.593. The number of sulfonamides is 1. The van der Waals surface area contributed by atoms with Gasteiger partial charge in [0.05, 0.1) is 11.9 Å². The van der Waals surface area contributed by atoms with Crippen LogP contribution in [0.3, 0.4) is 0 Å². The zero-order valence-corrected chi connectivity index (χ0v) is 17.6. The van der Waals surface area contributed by atoms with Crippen molar-refractivity contribution in [2.75, 3.05) is 10.6 Å². The number of guanidine groups is 1. The predicted molar refractivity (Wildman–Crippen MR) is 116 cm³/mol. The van der Waals surface area contributed by atoms with Crippen molar-refractivity contribution >= 4 is 27.4 Å². The number of hydrogen-bond donors (Lipinski definition) is 2. The summed E-state index contributed by atoms with van der Waals surface area (Å²) in [7, 11) is -1.98. The zero-order chi connectivity index (χ0) is 20.8. The highest BCUT2D eigenvalue weighted by molar-refractivity contribution is 7.90. The number of hydrogen-bond acceptors (Lipinski definition) is 5. The van der Waals surface area contributed by atoms with Gasteiger partial charge in [-0.3, -0.25) is 4.68 Å². The normalized spacial score (nSPS) is 14.9. The van der Waals surface area contributed by atoms with E-state index in [1.807, 2.05) is 44.3 Å². The van der Waals surface area contributed by atoms with Crippen LogP contribution in [0.2, 0.25) is 0 Å². The van der Waals surface area contributed by atoms with E-state index in [2.05, 4.69) is 34.0 Å². The molecule has 2 heterocycles. The summed E-state index contributed by atoms with van der Waals surface area (Å²) in [6.07, 6.45) is 1.74. The summed E-state index contributed by atoms with van der Waals surface area (Å²) in [4.78, 5) is 0.152. The van der Waals surface area contributed by atoms with Crippen LogP contribution in [0.1, 0.15) is 31.0 Å². The van der Waals surface area contributed by atoms with Gasteiger partial charge in [0, 0.05) is 29.6 Å². The molecule has 1 aromatic heterocycles. The number of nitrogens with one attached hydrogen (secondary N) is 2. The number of aromatic nitrogens is 2. The van der Waals surface area contributed by atoms with Crippen molar-refractivity contribution in [3.05, 3.63) is 59.9 Å². The lowest BCUT2D eigenvalue weighted by Crippen LogP contribution is -2.28. The number of rotatable bonds is 3. The molecular formula is C21H23N5O2S. The van der Waals surface area contributed by atoms with Crippen molar-refractivity contribution in [3.63, 3.8) is 0 Å². The summed E-state index contributed by atoms with van der Waals surface area (Å²) < 4.78 is 31.3. The van der Waals surface area contributed by atoms with E-state index in [1.165, 1.54) is 5.56 Å². The van der Waals surface area contributed by atoms with Crippen LogP contribution in [0.5, 0.6) is 0 Å². The topological polar surface area (TPSA) is 88.4 Å². The Morgan fingerprint density at radius 3 is 2.41 bits per heavy atom. The Balaban J connectivity index is 1.73. The fourth-order valence-corrected chi connectivity index (χ4v) is 4.41. The van der Waals surface area contributed by atoms with E-state index in [9.17, 15) is 8.42 Å². The highest BCUT2D eigenvalue weighted by Gasteiger charge is 2.28. The molecule has 0 saturated heterocycles. The van der Waals surface area contributed by atoms with Gasteiger partial charge in [-0.05, 0) is 36.6 Å². The Hall–Kier alpha value is -3.13. The fourth-order valence-electron chi connectivity index (χ4n) is 3.32. The van der Waals surface area contributed by atoms with Gasteiger partial charge in [-0.25, -0.2) is 0 Å². The monoisotopic (exact) mass is 409 g/mol. The van der Waals surface area contributed by atoms with E-state index in [0.717, 1.165) is 22.5 Å². The molecule has 1 aliphatic rings. The summed E-state index contributed by atoms with van der Waals surface area (Å²) in [6.45, 7) is 6.20. The van der Waals surface area contributed by atoms with Crippen molar-refractivity contribution in [2.24, 2.45) is 11.4 Å². The highest BCUT2D eigenvalue weighted by Crippen LogP contribution is 2.37. The number of benzene rings is 2. The van der Waals surface area contributed by atoms with E-state index >= 15 is 0 Å². The lowest BCUT2D eigenvalue weighted by molar-refractivity contribution is 0.598. The minimum Gasteiger partial charge on any atom is -0.325 e. The second-order valence-electron chi connectivity index (χ2n) is 7.39. The number of nitrogens with zero attached hydrogens (tertiary/aromatic N) is 3. The molecule has 29 heavy (non-hydrogen) atoms. The van der Waals surface area contributed by atoms with Gasteiger partial charge in [-0.15, -0.1) is 4.40 Å². The van der Waals surface area contributed by atoms with Gasteiger partial charge < -0.3 is 10.6 Å². The molecule has 0 aliphatic carbocycles. The molecule has 8 heteroatoms. The smallest absolute Gasteiger partial charge is 0.287 e. The molecule has 0 unspecified atom stereocenters. The molecule has 150 valence electrons. The summed E-state index contributed by atoms with van der Waals surface area (Å²) in [6, 6.07) is 13.0. The minimum atomic E-state index is -3.83. The largest absolute Gasteiger partial charge is 0.325 e. The maximum Gasteiger partial charge on any atom is 0.287 e. The van der Waals surface area contributed by atoms with Gasteiger partial charge in [0.25, 0.3) is 10.0 Å². The van der Waals surface area contributed by atoms with Crippen molar-refractivity contribution in [1.82, 2.24) is 9.78 Å². The molecule has 0 saturated carbocycles. The van der Waals surface area contributed by atoms with Gasteiger partial charge in [0.2, 0.25) is 5.96 Å². The number of fused-ring (bicyclic) bond motifs is 1. The molecule has 0 fully saturated rings. The van der Waals surface area contributed by atoms with Gasteiger partial charge in [0.15, 0.2) is 0 Å². The van der Waals surface area contributed by atoms with Gasteiger partial charge >= 0.3 is 0 Å². The molecular weight excluding hydrogens is 386 g/mol. The Bertz CT molecular complexity index is 1210. The summed E-state index contributed by atoms with van der Waals surface area (Å²) in [5.41, 5.74) is 5.05. The minimum absolute atomic E-state index is 0.152. The molecule has 0 atom stereocenters. The molecule has 0 spiro atoms. The Morgan fingerprint density at radius 1 is 1.07 bits per heavy atom. The van der Waals surface area contributed by atoms with Gasteiger partial charge in [-0.2, -0.15) is 13.5 Å². The van der Waals surface area contributed by atoms with E-state index < -0.39 is 10.0 Å². The van der Waals surface area contributed by atoms with E-state index in [1.54, 1.807) is 23.0 Å². The molecule has 0 bridgehead atoms. The van der Waals surface area contributed by atoms with Gasteiger partial charge in [-0.1, -0.05) is 38.1 Å². The predicted octanol–water partition coefficient (Wildman–Crippen LogP) is 4.10. The van der Waals surface area contributed by atoms with Gasteiger partial charge in [0.1, 0.15) is 4.90 Å². The highest BCUT2D eigenvalue weighted by atomic mass is 32.2. The van der Waals surface area contributed by atoms with Crippen LogP contribution < -0.4 is 10.6 Å². The standard InChI is InChI=1S/C21H23N5O2S/c1-13(2)15-8-10-16(11-9-15)23-21-24-20-17(18-12-22-26(4)14(18)3)6-5-7-19(20)29(27,28)25-21/h5-13H,1-4H3,(H2,23,24,25). The molecule has 4 rings (SSSR count). The zero-order valence-electron chi connectivity index (χ0n) is 16.8. The van der Waals surface area contributed by atoms with Crippen molar-refractivity contribution in [3.8, 4) is 11.1 Å². The third kappa shape index (κ3) is 3.51. The molecule has 2 N–H and O–H groups in total. The van der Waals surface area contributed by atoms with Crippen LogP contribution in [0, 0.1) is 6.92 Å². The first-order valence-corrected chi connectivity index (χ1v) is 10.8. The third-order valence-corrected chi connectivity index (χ3v) is 6.44. The average molecular weight is 410 g/mol. The van der Waals surface area contributed by atoms with E-state index in [4.69, 9.17) is 0 Å². The first-order chi connectivity index (χ1) is 13.8. The Morgan fingerprint density at radius 2 is 1.79 bits per heavy atom. The number of anilines is 2. The molecule has 0 radical (unpaired) electrons. The second-order valence-corrected chi connectivity index (χ2v) is 8.96. The lowest BCUT2D eigenvalue weighted by Gasteiger charge is -2.22. The lowest BCUT2D eigenvalue weighted by atomic mass is 10.0. The van der Waals surface area contributed by atoms with Crippen LogP contribution in [0.25, 0.3) is 11.1 Å². The molecule has 3 aromatic rings.